The highest BCUT2D eigenvalue weighted by molar-refractivity contribution is 7.19. The third-order valence-electron chi connectivity index (χ3n) is 3.81. The van der Waals surface area contributed by atoms with Crippen molar-refractivity contribution in [3.63, 3.8) is 0 Å². The van der Waals surface area contributed by atoms with Crippen LogP contribution in [-0.4, -0.2) is 19.7 Å². The Kier molecular flexibility index (Phi) is 2.53. The first kappa shape index (κ1) is 11.8. The number of aryl methyl sites for hydroxylation is 3. The predicted molar refractivity (Wildman–Crippen MR) is 80.7 cm³/mol. The number of aromatic nitrogens is 4. The molecule has 0 aliphatic heterocycles. The van der Waals surface area contributed by atoms with Crippen LogP contribution in [0, 0.1) is 0 Å². The Hall–Kier alpha value is -1.95. The van der Waals surface area contributed by atoms with Gasteiger partial charge in [0.1, 0.15) is 10.6 Å². The van der Waals surface area contributed by atoms with Crippen molar-refractivity contribution in [2.75, 3.05) is 5.73 Å². The Balaban J connectivity index is 1.94. The SMILES string of the molecule is Cn1cc(-c2nc(N)c3c4c(sc3n2)CCCC4)cn1. The van der Waals surface area contributed by atoms with E-state index in [-0.39, 0.29) is 0 Å². The van der Waals surface area contributed by atoms with Gasteiger partial charge < -0.3 is 5.73 Å². The van der Waals surface area contributed by atoms with Crippen LogP contribution >= 0.6 is 11.3 Å². The highest BCUT2D eigenvalue weighted by atomic mass is 32.1. The molecule has 0 radical (unpaired) electrons. The van der Waals surface area contributed by atoms with E-state index in [0.717, 1.165) is 28.6 Å². The van der Waals surface area contributed by atoms with E-state index in [2.05, 4.69) is 10.1 Å². The lowest BCUT2D eigenvalue weighted by atomic mass is 9.97. The number of hydrogen-bond acceptors (Lipinski definition) is 5. The first-order valence-electron chi connectivity index (χ1n) is 6.79. The normalized spacial score (nSPS) is 14.7. The van der Waals surface area contributed by atoms with Gasteiger partial charge in [-0.15, -0.1) is 11.3 Å². The Morgan fingerprint density at radius 1 is 1.25 bits per heavy atom. The van der Waals surface area contributed by atoms with Crippen LogP contribution in [0.3, 0.4) is 0 Å². The molecule has 4 rings (SSSR count). The van der Waals surface area contributed by atoms with Crippen LogP contribution in [0.25, 0.3) is 21.6 Å². The average Bonchev–Trinajstić information content (AvgIpc) is 3.01. The molecule has 6 heteroatoms. The maximum atomic E-state index is 6.20. The number of nitrogens with zero attached hydrogens (tertiary/aromatic N) is 4. The predicted octanol–water partition coefficient (Wildman–Crippen LogP) is 2.55. The second-order valence-corrected chi connectivity index (χ2v) is 6.31. The summed E-state index contributed by atoms with van der Waals surface area (Å²) in [6.07, 6.45) is 8.45. The van der Waals surface area contributed by atoms with Crippen LogP contribution in [0.1, 0.15) is 23.3 Å². The topological polar surface area (TPSA) is 69.6 Å². The maximum absolute atomic E-state index is 6.20. The molecule has 2 N–H and O–H groups in total. The van der Waals surface area contributed by atoms with Gasteiger partial charge >= 0.3 is 0 Å². The van der Waals surface area contributed by atoms with Gasteiger partial charge in [0.2, 0.25) is 0 Å². The van der Waals surface area contributed by atoms with E-state index in [1.165, 1.54) is 23.3 Å². The highest BCUT2D eigenvalue weighted by Crippen LogP contribution is 2.38. The van der Waals surface area contributed by atoms with Gasteiger partial charge in [0.25, 0.3) is 0 Å². The zero-order chi connectivity index (χ0) is 13.7. The molecule has 3 heterocycles. The van der Waals surface area contributed by atoms with E-state index in [0.29, 0.717) is 11.6 Å². The molecule has 0 unspecified atom stereocenters. The van der Waals surface area contributed by atoms with Crippen LogP contribution in [0.4, 0.5) is 5.82 Å². The first-order chi connectivity index (χ1) is 9.72. The zero-order valence-corrected chi connectivity index (χ0v) is 12.1. The summed E-state index contributed by atoms with van der Waals surface area (Å²) in [5.41, 5.74) is 8.49. The van der Waals surface area contributed by atoms with Crippen molar-refractivity contribution in [1.29, 1.82) is 0 Å². The van der Waals surface area contributed by atoms with E-state index < -0.39 is 0 Å². The van der Waals surface area contributed by atoms with Crippen molar-refractivity contribution in [1.82, 2.24) is 19.7 Å². The smallest absolute Gasteiger partial charge is 0.166 e. The molecule has 0 saturated carbocycles. The van der Waals surface area contributed by atoms with Crippen LogP contribution in [-0.2, 0) is 19.9 Å². The average molecular weight is 285 g/mol. The van der Waals surface area contributed by atoms with Crippen molar-refractivity contribution in [3.8, 4) is 11.4 Å². The van der Waals surface area contributed by atoms with Gasteiger partial charge in [0.05, 0.1) is 17.1 Å². The Morgan fingerprint density at radius 2 is 2.10 bits per heavy atom. The molecule has 1 aliphatic rings. The van der Waals surface area contributed by atoms with E-state index in [1.54, 1.807) is 22.2 Å². The molecule has 0 aromatic carbocycles. The van der Waals surface area contributed by atoms with Crippen LogP contribution < -0.4 is 5.73 Å². The molecule has 3 aromatic rings. The summed E-state index contributed by atoms with van der Waals surface area (Å²) in [4.78, 5) is 11.6. The summed E-state index contributed by atoms with van der Waals surface area (Å²) < 4.78 is 1.75. The van der Waals surface area contributed by atoms with Crippen molar-refractivity contribution in [2.24, 2.45) is 7.05 Å². The second-order valence-electron chi connectivity index (χ2n) is 5.23. The molecule has 0 saturated heterocycles. The summed E-state index contributed by atoms with van der Waals surface area (Å²) in [6.45, 7) is 0. The molecular weight excluding hydrogens is 270 g/mol. The molecule has 1 aliphatic carbocycles. The van der Waals surface area contributed by atoms with Crippen molar-refractivity contribution in [2.45, 2.75) is 25.7 Å². The van der Waals surface area contributed by atoms with Gasteiger partial charge in [-0.25, -0.2) is 9.97 Å². The number of thiophene rings is 1. The summed E-state index contributed by atoms with van der Waals surface area (Å²) in [5, 5.41) is 5.25. The minimum atomic E-state index is 0.605. The monoisotopic (exact) mass is 285 g/mol. The van der Waals surface area contributed by atoms with Crippen LogP contribution in [0.15, 0.2) is 12.4 Å². The molecule has 102 valence electrons. The summed E-state index contributed by atoms with van der Waals surface area (Å²) in [7, 11) is 1.88. The fourth-order valence-corrected chi connectivity index (χ4v) is 4.12. The summed E-state index contributed by atoms with van der Waals surface area (Å²) in [6, 6.07) is 0. The number of rotatable bonds is 1. The third kappa shape index (κ3) is 1.71. The minimum absolute atomic E-state index is 0.605. The maximum Gasteiger partial charge on any atom is 0.166 e. The van der Waals surface area contributed by atoms with E-state index in [9.17, 15) is 0 Å². The second kappa shape index (κ2) is 4.28. The number of nitrogens with two attached hydrogens (primary N) is 1. The largest absolute Gasteiger partial charge is 0.383 e. The van der Waals surface area contributed by atoms with E-state index in [1.807, 2.05) is 13.2 Å². The van der Waals surface area contributed by atoms with Crippen molar-refractivity contribution >= 4 is 27.4 Å². The molecule has 5 nitrogen and oxygen atoms in total. The van der Waals surface area contributed by atoms with Crippen LogP contribution in [0.2, 0.25) is 0 Å². The van der Waals surface area contributed by atoms with Crippen LogP contribution in [0.5, 0.6) is 0 Å². The standard InChI is InChI=1S/C14H15N5S/c1-19-7-8(6-16-19)13-17-12(15)11-9-4-2-3-5-10(9)20-14(11)18-13/h6-7H,2-5H2,1H3,(H2,15,17,18). The lowest BCUT2D eigenvalue weighted by Crippen LogP contribution is -2.01. The van der Waals surface area contributed by atoms with Crippen molar-refractivity contribution in [3.05, 3.63) is 22.8 Å². The molecule has 0 fully saturated rings. The number of anilines is 1. The minimum Gasteiger partial charge on any atom is -0.383 e. The molecule has 3 aromatic heterocycles. The fourth-order valence-electron chi connectivity index (χ4n) is 2.85. The summed E-state index contributed by atoms with van der Waals surface area (Å²) >= 11 is 1.77. The third-order valence-corrected chi connectivity index (χ3v) is 4.99. The highest BCUT2D eigenvalue weighted by Gasteiger charge is 2.20. The molecule has 0 bridgehead atoms. The molecule has 0 spiro atoms. The van der Waals surface area contributed by atoms with Gasteiger partial charge in [-0.2, -0.15) is 5.10 Å². The zero-order valence-electron chi connectivity index (χ0n) is 11.3. The van der Waals surface area contributed by atoms with Gasteiger partial charge in [0.15, 0.2) is 5.82 Å². The Morgan fingerprint density at radius 3 is 2.90 bits per heavy atom. The van der Waals surface area contributed by atoms with Gasteiger partial charge in [0, 0.05) is 18.1 Å². The van der Waals surface area contributed by atoms with E-state index in [4.69, 9.17) is 10.7 Å². The van der Waals surface area contributed by atoms with Gasteiger partial charge in [-0.3, -0.25) is 4.68 Å². The van der Waals surface area contributed by atoms with Gasteiger partial charge in [-0.05, 0) is 31.2 Å². The van der Waals surface area contributed by atoms with E-state index >= 15 is 0 Å². The van der Waals surface area contributed by atoms with Gasteiger partial charge in [-0.1, -0.05) is 0 Å². The lowest BCUT2D eigenvalue weighted by molar-refractivity contribution is 0.700. The number of fused-ring (bicyclic) bond motifs is 3. The summed E-state index contributed by atoms with van der Waals surface area (Å²) in [5.74, 6) is 1.27. The Labute approximate surface area is 120 Å². The van der Waals surface area contributed by atoms with Crippen molar-refractivity contribution < 1.29 is 0 Å². The quantitative estimate of drug-likeness (QED) is 0.746. The number of nitrogen functional groups attached to an aromatic ring is 1. The lowest BCUT2D eigenvalue weighted by Gasteiger charge is -2.10. The Bertz CT molecular complexity index is 801. The first-order valence-corrected chi connectivity index (χ1v) is 7.61. The number of hydrogen-bond donors (Lipinski definition) is 1. The molecule has 0 amide bonds. The molecule has 0 atom stereocenters. The fraction of sp³-hybridized carbons (Fsp3) is 0.357. The molecule has 20 heavy (non-hydrogen) atoms. The molecular formula is C14H15N5S.